The van der Waals surface area contributed by atoms with E-state index < -0.39 is 18.1 Å². The molecule has 0 aliphatic heterocycles. The molecule has 2 aromatic rings. The number of H-pyrrole nitrogens is 1. The highest BCUT2D eigenvalue weighted by Gasteiger charge is 2.40. The third kappa shape index (κ3) is 1.60. The number of para-hydroxylation sites is 1. The lowest BCUT2D eigenvalue weighted by molar-refractivity contribution is -0.140. The number of aryl methyl sites for hydroxylation is 1. The molecule has 3 nitrogen and oxygen atoms in total. The molecule has 1 heterocycles. The van der Waals surface area contributed by atoms with Crippen molar-refractivity contribution in [3.8, 4) is 0 Å². The Morgan fingerprint density at radius 3 is 3.00 bits per heavy atom. The molecule has 0 radical (unpaired) electrons. The fraction of sp³-hybridized carbons (Fsp3) is 0.357. The second-order valence-electron chi connectivity index (χ2n) is 4.91. The molecule has 2 N–H and O–H groups in total. The zero-order chi connectivity index (χ0) is 12.8. The molecule has 1 aromatic carbocycles. The van der Waals surface area contributed by atoms with Crippen molar-refractivity contribution in [1.82, 2.24) is 4.98 Å². The molecule has 1 aliphatic carbocycles. The normalized spacial score (nSPS) is 22.9. The number of carbonyl (C=O) groups is 1. The molecular weight excluding hydrogens is 233 g/mol. The monoisotopic (exact) mass is 247 g/mol. The number of rotatable bonds is 2. The number of halogens is 1. The van der Waals surface area contributed by atoms with Gasteiger partial charge < -0.3 is 10.1 Å². The van der Waals surface area contributed by atoms with Gasteiger partial charge in [0.1, 0.15) is 0 Å². The highest BCUT2D eigenvalue weighted by Crippen LogP contribution is 2.43. The average Bonchev–Trinajstić information content (AvgIpc) is 2.69. The van der Waals surface area contributed by atoms with E-state index in [0.29, 0.717) is 12.1 Å². The predicted octanol–water partition coefficient (Wildman–Crippen LogP) is 3.14. The molecule has 1 aliphatic rings. The van der Waals surface area contributed by atoms with Crippen LogP contribution in [0.1, 0.15) is 30.5 Å². The summed E-state index contributed by atoms with van der Waals surface area (Å²) < 4.78 is 14.8. The van der Waals surface area contributed by atoms with E-state index in [1.807, 2.05) is 24.3 Å². The number of aromatic nitrogens is 1. The Kier molecular flexibility index (Phi) is 2.40. The summed E-state index contributed by atoms with van der Waals surface area (Å²) in [6.45, 7) is 0. The first-order valence-electron chi connectivity index (χ1n) is 6.11. The number of fused-ring (bicyclic) bond motifs is 3. The summed E-state index contributed by atoms with van der Waals surface area (Å²) in [5.41, 5.74) is 0.549. The van der Waals surface area contributed by atoms with Crippen molar-refractivity contribution in [3.05, 3.63) is 35.5 Å². The molecule has 1 aromatic heterocycles. The van der Waals surface area contributed by atoms with Crippen molar-refractivity contribution in [3.63, 3.8) is 0 Å². The quantitative estimate of drug-likeness (QED) is 0.856. The third-order valence-electron chi connectivity index (χ3n) is 3.69. The Bertz CT molecular complexity index is 619. The summed E-state index contributed by atoms with van der Waals surface area (Å²) in [5, 5.41) is 9.89. The third-order valence-corrected chi connectivity index (χ3v) is 3.69. The molecule has 0 saturated carbocycles. The number of carboxylic acid groups (broad SMARTS) is 1. The second-order valence-corrected chi connectivity index (χ2v) is 4.91. The standard InChI is InChI=1S/C14H14FNO2/c15-14(8-12(17)18)7-3-5-10-9-4-1-2-6-11(9)16-13(10)14/h1-2,4,6,16H,3,5,7-8H2,(H,17,18). The summed E-state index contributed by atoms with van der Waals surface area (Å²) in [5.74, 6) is -1.09. The zero-order valence-electron chi connectivity index (χ0n) is 9.87. The molecular formula is C14H14FNO2. The van der Waals surface area contributed by atoms with Gasteiger partial charge in [-0.1, -0.05) is 18.2 Å². The van der Waals surface area contributed by atoms with Gasteiger partial charge in [0.05, 0.1) is 12.1 Å². The van der Waals surface area contributed by atoms with E-state index in [2.05, 4.69) is 4.98 Å². The van der Waals surface area contributed by atoms with E-state index in [4.69, 9.17) is 5.11 Å². The maximum absolute atomic E-state index is 14.8. The van der Waals surface area contributed by atoms with Crippen molar-refractivity contribution in [1.29, 1.82) is 0 Å². The lowest BCUT2D eigenvalue weighted by Crippen LogP contribution is -2.29. The number of carboxylic acids is 1. The van der Waals surface area contributed by atoms with Gasteiger partial charge in [-0.15, -0.1) is 0 Å². The molecule has 0 amide bonds. The van der Waals surface area contributed by atoms with Gasteiger partial charge in [-0.05, 0) is 30.9 Å². The van der Waals surface area contributed by atoms with Gasteiger partial charge in [0.25, 0.3) is 0 Å². The number of hydrogen-bond acceptors (Lipinski definition) is 1. The molecule has 94 valence electrons. The van der Waals surface area contributed by atoms with Crippen LogP contribution in [0.25, 0.3) is 10.9 Å². The van der Waals surface area contributed by atoms with Gasteiger partial charge in [0.15, 0.2) is 5.67 Å². The van der Waals surface area contributed by atoms with Crippen molar-refractivity contribution in [2.24, 2.45) is 0 Å². The lowest BCUT2D eigenvalue weighted by atomic mass is 9.82. The number of hydrogen-bond donors (Lipinski definition) is 2. The first kappa shape index (κ1) is 11.3. The van der Waals surface area contributed by atoms with E-state index in [0.717, 1.165) is 22.9 Å². The highest BCUT2D eigenvalue weighted by atomic mass is 19.1. The van der Waals surface area contributed by atoms with Crippen LogP contribution in [0.4, 0.5) is 4.39 Å². The van der Waals surface area contributed by atoms with Crippen LogP contribution >= 0.6 is 0 Å². The minimum absolute atomic E-state index is 0.277. The van der Waals surface area contributed by atoms with Gasteiger partial charge in [0.2, 0.25) is 0 Å². The Morgan fingerprint density at radius 1 is 1.44 bits per heavy atom. The number of aliphatic carboxylic acids is 1. The van der Waals surface area contributed by atoms with E-state index in [1.165, 1.54) is 0 Å². The van der Waals surface area contributed by atoms with Gasteiger partial charge in [-0.3, -0.25) is 4.79 Å². The predicted molar refractivity (Wildman–Crippen MR) is 66.3 cm³/mol. The summed E-state index contributed by atoms with van der Waals surface area (Å²) in [7, 11) is 0. The van der Waals surface area contributed by atoms with Crippen LogP contribution in [0.3, 0.4) is 0 Å². The van der Waals surface area contributed by atoms with Gasteiger partial charge in [0, 0.05) is 10.9 Å². The number of alkyl halides is 1. The lowest BCUT2D eigenvalue weighted by Gasteiger charge is -2.28. The van der Waals surface area contributed by atoms with Crippen LogP contribution in [-0.2, 0) is 16.9 Å². The minimum atomic E-state index is -1.75. The largest absolute Gasteiger partial charge is 0.481 e. The van der Waals surface area contributed by atoms with Crippen molar-refractivity contribution in [2.75, 3.05) is 0 Å². The Balaban J connectivity index is 2.18. The van der Waals surface area contributed by atoms with Crippen molar-refractivity contribution >= 4 is 16.9 Å². The fourth-order valence-corrected chi connectivity index (χ4v) is 2.93. The molecule has 0 saturated heterocycles. The first-order chi connectivity index (χ1) is 8.60. The van der Waals surface area contributed by atoms with Crippen LogP contribution in [0.15, 0.2) is 24.3 Å². The topological polar surface area (TPSA) is 53.1 Å². The van der Waals surface area contributed by atoms with E-state index in [1.54, 1.807) is 0 Å². The Labute approximate surface area is 104 Å². The number of aromatic amines is 1. The van der Waals surface area contributed by atoms with Gasteiger partial charge in [-0.2, -0.15) is 0 Å². The Hall–Kier alpha value is -1.84. The molecule has 0 fully saturated rings. The van der Waals surface area contributed by atoms with Crippen LogP contribution in [0, 0.1) is 0 Å². The van der Waals surface area contributed by atoms with Crippen LogP contribution < -0.4 is 0 Å². The Morgan fingerprint density at radius 2 is 2.22 bits per heavy atom. The van der Waals surface area contributed by atoms with E-state index in [-0.39, 0.29) is 6.42 Å². The van der Waals surface area contributed by atoms with Crippen LogP contribution in [0.5, 0.6) is 0 Å². The summed E-state index contributed by atoms with van der Waals surface area (Å²) >= 11 is 0. The van der Waals surface area contributed by atoms with Gasteiger partial charge in [-0.25, -0.2) is 4.39 Å². The smallest absolute Gasteiger partial charge is 0.307 e. The fourth-order valence-electron chi connectivity index (χ4n) is 2.93. The molecule has 1 atom stereocenters. The van der Waals surface area contributed by atoms with E-state index in [9.17, 15) is 9.18 Å². The number of benzene rings is 1. The highest BCUT2D eigenvalue weighted by molar-refractivity contribution is 5.85. The maximum atomic E-state index is 14.8. The van der Waals surface area contributed by atoms with Crippen LogP contribution in [0.2, 0.25) is 0 Å². The second kappa shape index (κ2) is 3.83. The van der Waals surface area contributed by atoms with Crippen molar-refractivity contribution < 1.29 is 14.3 Å². The molecule has 3 rings (SSSR count). The summed E-state index contributed by atoms with van der Waals surface area (Å²) in [6, 6.07) is 7.66. The van der Waals surface area contributed by atoms with Crippen molar-refractivity contribution in [2.45, 2.75) is 31.4 Å². The van der Waals surface area contributed by atoms with Crippen LogP contribution in [-0.4, -0.2) is 16.1 Å². The maximum Gasteiger partial charge on any atom is 0.307 e. The summed E-state index contributed by atoms with van der Waals surface area (Å²) in [4.78, 5) is 13.9. The first-order valence-corrected chi connectivity index (χ1v) is 6.11. The molecule has 0 bridgehead atoms. The molecule has 1 unspecified atom stereocenters. The SMILES string of the molecule is O=C(O)CC1(F)CCCc2c1[nH]c1ccccc21. The average molecular weight is 247 g/mol. The summed E-state index contributed by atoms with van der Waals surface area (Å²) in [6.07, 6.45) is 1.31. The zero-order valence-corrected chi connectivity index (χ0v) is 9.87. The number of nitrogens with one attached hydrogen (secondary N) is 1. The minimum Gasteiger partial charge on any atom is -0.481 e. The molecule has 4 heteroatoms. The van der Waals surface area contributed by atoms with Gasteiger partial charge >= 0.3 is 5.97 Å². The molecule has 0 spiro atoms. The molecule has 18 heavy (non-hydrogen) atoms. The van der Waals surface area contributed by atoms with E-state index >= 15 is 0 Å².